The molecule has 1 N–H and O–H groups in total. The monoisotopic (exact) mass is 296 g/mol. The predicted molar refractivity (Wildman–Crippen MR) is 83.1 cm³/mol. The molecule has 0 unspecified atom stereocenters. The summed E-state index contributed by atoms with van der Waals surface area (Å²) >= 11 is 0. The fraction of sp³-hybridized carbons (Fsp3) is 0.750. The average Bonchev–Trinajstić information content (AvgIpc) is 2.45. The first-order valence-electron chi connectivity index (χ1n) is 7.72. The van der Waals surface area contributed by atoms with Crippen molar-refractivity contribution in [2.75, 3.05) is 32.7 Å². The molecule has 0 radical (unpaired) electrons. The van der Waals surface area contributed by atoms with Gasteiger partial charge in [0.15, 0.2) is 0 Å². The zero-order valence-electron chi connectivity index (χ0n) is 13.5. The van der Waals surface area contributed by atoms with Gasteiger partial charge in [0.05, 0.1) is 12.0 Å². The van der Waals surface area contributed by atoms with Gasteiger partial charge < -0.3 is 10.0 Å². The van der Waals surface area contributed by atoms with Gasteiger partial charge in [-0.2, -0.15) is 0 Å². The average molecular weight is 296 g/mol. The van der Waals surface area contributed by atoms with Crippen LogP contribution in [0.15, 0.2) is 12.2 Å². The van der Waals surface area contributed by atoms with Gasteiger partial charge in [-0.3, -0.25) is 14.5 Å². The quantitative estimate of drug-likeness (QED) is 0.730. The van der Waals surface area contributed by atoms with Gasteiger partial charge in [0.25, 0.3) is 0 Å². The lowest BCUT2D eigenvalue weighted by Crippen LogP contribution is -2.48. The number of carboxylic acid groups (broad SMARTS) is 1. The van der Waals surface area contributed by atoms with E-state index in [0.717, 1.165) is 5.57 Å². The summed E-state index contributed by atoms with van der Waals surface area (Å²) in [7, 11) is 0. The number of carboxylic acids is 1. The summed E-state index contributed by atoms with van der Waals surface area (Å²) in [5, 5.41) is 9.38. The van der Waals surface area contributed by atoms with Crippen LogP contribution in [-0.2, 0) is 9.59 Å². The summed E-state index contributed by atoms with van der Waals surface area (Å²) in [4.78, 5) is 27.5. The maximum absolute atomic E-state index is 12.3. The molecule has 21 heavy (non-hydrogen) atoms. The topological polar surface area (TPSA) is 60.9 Å². The zero-order valence-corrected chi connectivity index (χ0v) is 13.5. The van der Waals surface area contributed by atoms with E-state index in [1.807, 2.05) is 20.8 Å². The number of aliphatic carboxylic acids is 1. The number of likely N-dealkylation sites (tertiary alicyclic amines) is 1. The van der Waals surface area contributed by atoms with Crippen LogP contribution in [0.1, 0.15) is 40.0 Å². The molecule has 5 heteroatoms. The van der Waals surface area contributed by atoms with Gasteiger partial charge in [-0.05, 0) is 46.2 Å². The first kappa shape index (κ1) is 17.7. The van der Waals surface area contributed by atoms with Crippen molar-refractivity contribution >= 4 is 11.9 Å². The van der Waals surface area contributed by atoms with Crippen molar-refractivity contribution in [1.29, 1.82) is 0 Å². The number of rotatable bonds is 7. The Bertz CT molecular complexity index is 398. The Morgan fingerprint density at radius 1 is 1.29 bits per heavy atom. The molecule has 1 amide bonds. The van der Waals surface area contributed by atoms with Crippen LogP contribution in [0.3, 0.4) is 0 Å². The normalized spacial score (nSPS) is 18.2. The second kappa shape index (κ2) is 7.59. The molecular formula is C16H28N2O3. The number of hydrogen-bond acceptors (Lipinski definition) is 3. The smallest absolute Gasteiger partial charge is 0.309 e. The van der Waals surface area contributed by atoms with Crippen LogP contribution in [0.4, 0.5) is 0 Å². The first-order valence-corrected chi connectivity index (χ1v) is 7.72. The Hall–Kier alpha value is -1.36. The summed E-state index contributed by atoms with van der Waals surface area (Å²) in [6.45, 7) is 12.7. The molecule has 1 aliphatic heterocycles. The Balaban J connectivity index is 2.53. The maximum Gasteiger partial charge on any atom is 0.309 e. The van der Waals surface area contributed by atoms with Crippen LogP contribution in [0, 0.1) is 5.41 Å². The Labute approximate surface area is 127 Å². The highest BCUT2D eigenvalue weighted by molar-refractivity contribution is 5.78. The lowest BCUT2D eigenvalue weighted by atomic mass is 9.76. The van der Waals surface area contributed by atoms with E-state index in [1.54, 1.807) is 4.90 Å². The minimum atomic E-state index is -0.701. The van der Waals surface area contributed by atoms with E-state index in [4.69, 9.17) is 0 Å². The van der Waals surface area contributed by atoms with Gasteiger partial charge in [0, 0.05) is 13.1 Å². The van der Waals surface area contributed by atoms with Crippen molar-refractivity contribution in [3.05, 3.63) is 12.2 Å². The van der Waals surface area contributed by atoms with E-state index in [0.29, 0.717) is 52.0 Å². The van der Waals surface area contributed by atoms with Gasteiger partial charge >= 0.3 is 5.97 Å². The maximum atomic E-state index is 12.3. The van der Waals surface area contributed by atoms with Crippen LogP contribution >= 0.6 is 0 Å². The Morgan fingerprint density at radius 3 is 2.24 bits per heavy atom. The number of piperidine rings is 1. The Kier molecular flexibility index (Phi) is 6.40. The summed E-state index contributed by atoms with van der Waals surface area (Å²) in [5.74, 6) is -0.603. The molecule has 0 saturated carbocycles. The molecule has 0 spiro atoms. The molecule has 120 valence electrons. The molecule has 0 aliphatic carbocycles. The standard InChI is InChI=1S/C16H28N2O3/c1-5-16(15(20)21)7-9-17(10-8-16)12-14(19)18(6-2)11-13(3)4/h3,5-12H2,1-2,4H3,(H,20,21). The number of nitrogens with zero attached hydrogens (tertiary/aromatic N) is 2. The van der Waals surface area contributed by atoms with Crippen molar-refractivity contribution < 1.29 is 14.7 Å². The van der Waals surface area contributed by atoms with E-state index in [9.17, 15) is 14.7 Å². The molecule has 1 saturated heterocycles. The molecular weight excluding hydrogens is 268 g/mol. The number of carbonyl (C=O) groups is 2. The molecule has 1 rings (SSSR count). The third kappa shape index (κ3) is 4.56. The molecule has 0 atom stereocenters. The molecule has 1 fully saturated rings. The second-order valence-corrected chi connectivity index (χ2v) is 6.08. The minimum Gasteiger partial charge on any atom is -0.481 e. The summed E-state index contributed by atoms with van der Waals surface area (Å²) in [6.07, 6.45) is 1.90. The molecule has 5 nitrogen and oxygen atoms in total. The predicted octanol–water partition coefficient (Wildman–Crippen LogP) is 1.99. The third-order valence-corrected chi connectivity index (χ3v) is 4.50. The van der Waals surface area contributed by atoms with E-state index >= 15 is 0 Å². The van der Waals surface area contributed by atoms with Crippen LogP contribution in [0.5, 0.6) is 0 Å². The van der Waals surface area contributed by atoms with Crippen LogP contribution in [0.2, 0.25) is 0 Å². The number of amides is 1. The highest BCUT2D eigenvalue weighted by atomic mass is 16.4. The number of hydrogen-bond donors (Lipinski definition) is 1. The van der Waals surface area contributed by atoms with Crippen LogP contribution in [-0.4, -0.2) is 59.5 Å². The number of carbonyl (C=O) groups excluding carboxylic acids is 1. The molecule has 0 bridgehead atoms. The summed E-state index contributed by atoms with van der Waals surface area (Å²) in [6, 6.07) is 0. The number of likely N-dealkylation sites (N-methyl/N-ethyl adjacent to an activating group) is 1. The summed E-state index contributed by atoms with van der Waals surface area (Å²) in [5.41, 5.74) is 0.376. The van der Waals surface area contributed by atoms with E-state index in [-0.39, 0.29) is 5.91 Å². The van der Waals surface area contributed by atoms with Crippen LogP contribution < -0.4 is 0 Å². The second-order valence-electron chi connectivity index (χ2n) is 6.08. The van der Waals surface area contributed by atoms with Crippen molar-refractivity contribution in [3.8, 4) is 0 Å². The first-order chi connectivity index (χ1) is 9.84. The molecule has 1 heterocycles. The van der Waals surface area contributed by atoms with Crippen LogP contribution in [0.25, 0.3) is 0 Å². The lowest BCUT2D eigenvalue weighted by Gasteiger charge is -2.38. The van der Waals surface area contributed by atoms with Crippen molar-refractivity contribution in [2.45, 2.75) is 40.0 Å². The molecule has 0 aromatic heterocycles. The fourth-order valence-electron chi connectivity index (χ4n) is 2.85. The van der Waals surface area contributed by atoms with Gasteiger partial charge in [0.2, 0.25) is 5.91 Å². The van der Waals surface area contributed by atoms with Crippen molar-refractivity contribution in [1.82, 2.24) is 9.80 Å². The van der Waals surface area contributed by atoms with Gasteiger partial charge in [0.1, 0.15) is 0 Å². The SMILES string of the molecule is C=C(C)CN(CC)C(=O)CN1CCC(CC)(C(=O)O)CC1. The largest absolute Gasteiger partial charge is 0.481 e. The molecule has 0 aromatic rings. The zero-order chi connectivity index (χ0) is 16.0. The van der Waals surface area contributed by atoms with E-state index in [1.165, 1.54) is 0 Å². The van der Waals surface area contributed by atoms with Gasteiger partial charge in [-0.25, -0.2) is 0 Å². The van der Waals surface area contributed by atoms with Crippen molar-refractivity contribution in [3.63, 3.8) is 0 Å². The minimum absolute atomic E-state index is 0.0971. The Morgan fingerprint density at radius 2 is 1.86 bits per heavy atom. The van der Waals surface area contributed by atoms with Crippen molar-refractivity contribution in [2.24, 2.45) is 5.41 Å². The highest BCUT2D eigenvalue weighted by Crippen LogP contribution is 2.35. The molecule has 1 aliphatic rings. The third-order valence-electron chi connectivity index (χ3n) is 4.50. The fourth-order valence-corrected chi connectivity index (χ4v) is 2.85. The van der Waals surface area contributed by atoms with E-state index < -0.39 is 11.4 Å². The van der Waals surface area contributed by atoms with Gasteiger partial charge in [-0.1, -0.05) is 19.1 Å². The van der Waals surface area contributed by atoms with E-state index in [2.05, 4.69) is 11.5 Å². The lowest BCUT2D eigenvalue weighted by molar-refractivity contribution is -0.152. The molecule has 0 aromatic carbocycles. The highest BCUT2D eigenvalue weighted by Gasteiger charge is 2.40. The van der Waals surface area contributed by atoms with Gasteiger partial charge in [-0.15, -0.1) is 0 Å². The summed E-state index contributed by atoms with van der Waals surface area (Å²) < 4.78 is 0.